The molecule has 124 valence electrons. The first-order valence-electron chi connectivity index (χ1n) is 7.70. The molecule has 0 unspecified atom stereocenters. The Morgan fingerprint density at radius 1 is 1.09 bits per heavy atom. The average Bonchev–Trinajstić information content (AvgIpc) is 2.50. The summed E-state index contributed by atoms with van der Waals surface area (Å²) in [6, 6.07) is 12.2. The van der Waals surface area contributed by atoms with Gasteiger partial charge in [-0.2, -0.15) is 0 Å². The van der Waals surface area contributed by atoms with Crippen molar-refractivity contribution in [2.24, 2.45) is 0 Å². The third kappa shape index (κ3) is 4.05. The minimum atomic E-state index is -3.63. The smallest absolute Gasteiger partial charge is 0.261 e. The maximum atomic E-state index is 12.6. The van der Waals surface area contributed by atoms with Crippen molar-refractivity contribution >= 4 is 15.7 Å². The SMILES string of the molecule is CCOc1ccc(S(=O)(=O)Nc2c(C)cccc2C(C)C)cc1. The van der Waals surface area contributed by atoms with Gasteiger partial charge >= 0.3 is 0 Å². The summed E-state index contributed by atoms with van der Waals surface area (Å²) in [7, 11) is -3.63. The van der Waals surface area contributed by atoms with Crippen molar-refractivity contribution < 1.29 is 13.2 Å². The van der Waals surface area contributed by atoms with Crippen LogP contribution in [0.4, 0.5) is 5.69 Å². The van der Waals surface area contributed by atoms with Crippen molar-refractivity contribution in [2.75, 3.05) is 11.3 Å². The Labute approximate surface area is 138 Å². The number of rotatable bonds is 6. The van der Waals surface area contributed by atoms with E-state index >= 15 is 0 Å². The molecule has 0 amide bonds. The van der Waals surface area contributed by atoms with Crippen LogP contribution in [0.5, 0.6) is 5.75 Å². The van der Waals surface area contributed by atoms with Crippen molar-refractivity contribution in [3.05, 3.63) is 53.6 Å². The molecule has 0 aliphatic rings. The van der Waals surface area contributed by atoms with Gasteiger partial charge in [0.15, 0.2) is 0 Å². The van der Waals surface area contributed by atoms with Crippen LogP contribution in [0.2, 0.25) is 0 Å². The molecule has 0 saturated heterocycles. The van der Waals surface area contributed by atoms with Gasteiger partial charge in [0.25, 0.3) is 10.0 Å². The average molecular weight is 333 g/mol. The molecule has 0 atom stereocenters. The van der Waals surface area contributed by atoms with E-state index in [1.807, 2.05) is 45.9 Å². The predicted molar refractivity (Wildman–Crippen MR) is 93.7 cm³/mol. The van der Waals surface area contributed by atoms with Crippen LogP contribution in [0.3, 0.4) is 0 Å². The zero-order chi connectivity index (χ0) is 17.0. The summed E-state index contributed by atoms with van der Waals surface area (Å²) >= 11 is 0. The van der Waals surface area contributed by atoms with Crippen LogP contribution in [-0.4, -0.2) is 15.0 Å². The van der Waals surface area contributed by atoms with Crippen LogP contribution < -0.4 is 9.46 Å². The molecule has 2 rings (SSSR count). The molecule has 2 aromatic carbocycles. The molecule has 2 aromatic rings. The zero-order valence-corrected chi connectivity index (χ0v) is 14.8. The van der Waals surface area contributed by atoms with Crippen LogP contribution in [-0.2, 0) is 10.0 Å². The first-order valence-corrected chi connectivity index (χ1v) is 9.18. The van der Waals surface area contributed by atoms with Crippen LogP contribution in [0, 0.1) is 6.92 Å². The first kappa shape index (κ1) is 17.3. The number of benzene rings is 2. The van der Waals surface area contributed by atoms with Crippen LogP contribution >= 0.6 is 0 Å². The molecule has 1 N–H and O–H groups in total. The summed E-state index contributed by atoms with van der Waals surface area (Å²) in [4.78, 5) is 0.221. The Bertz CT molecular complexity index is 765. The Hall–Kier alpha value is -2.01. The molecular weight excluding hydrogens is 310 g/mol. The summed E-state index contributed by atoms with van der Waals surface area (Å²) in [5, 5.41) is 0. The van der Waals surface area contributed by atoms with E-state index in [1.54, 1.807) is 24.3 Å². The van der Waals surface area contributed by atoms with Gasteiger partial charge < -0.3 is 4.74 Å². The number of aryl methyl sites for hydroxylation is 1. The summed E-state index contributed by atoms with van der Waals surface area (Å²) < 4.78 is 33.4. The van der Waals surface area contributed by atoms with Crippen molar-refractivity contribution in [3.63, 3.8) is 0 Å². The number of hydrogen-bond donors (Lipinski definition) is 1. The molecule has 0 saturated carbocycles. The fourth-order valence-electron chi connectivity index (χ4n) is 2.39. The minimum absolute atomic E-state index is 0.221. The van der Waals surface area contributed by atoms with E-state index in [1.165, 1.54) is 0 Å². The molecule has 0 fully saturated rings. The fourth-order valence-corrected chi connectivity index (χ4v) is 3.55. The number of ether oxygens (including phenoxy) is 1. The molecule has 0 aliphatic carbocycles. The summed E-state index contributed by atoms with van der Waals surface area (Å²) in [6.45, 7) is 8.43. The second kappa shape index (κ2) is 7.04. The number of nitrogens with one attached hydrogen (secondary N) is 1. The Morgan fingerprint density at radius 2 is 1.74 bits per heavy atom. The Balaban J connectivity index is 2.35. The monoisotopic (exact) mass is 333 g/mol. The highest BCUT2D eigenvalue weighted by Gasteiger charge is 2.18. The lowest BCUT2D eigenvalue weighted by Gasteiger charge is -2.17. The molecule has 0 spiro atoms. The van der Waals surface area contributed by atoms with Crippen LogP contribution in [0.1, 0.15) is 37.8 Å². The van der Waals surface area contributed by atoms with Crippen molar-refractivity contribution in [1.82, 2.24) is 0 Å². The van der Waals surface area contributed by atoms with Gasteiger partial charge in [-0.25, -0.2) is 8.42 Å². The highest BCUT2D eigenvalue weighted by atomic mass is 32.2. The van der Waals surface area contributed by atoms with Gasteiger partial charge in [0.2, 0.25) is 0 Å². The van der Waals surface area contributed by atoms with E-state index in [-0.39, 0.29) is 10.8 Å². The summed E-state index contributed by atoms with van der Waals surface area (Å²) in [5.41, 5.74) is 2.56. The van der Waals surface area contributed by atoms with E-state index in [9.17, 15) is 8.42 Å². The normalized spacial score (nSPS) is 11.5. The van der Waals surface area contributed by atoms with E-state index in [4.69, 9.17) is 4.74 Å². The minimum Gasteiger partial charge on any atom is -0.494 e. The molecule has 0 heterocycles. The fraction of sp³-hybridized carbons (Fsp3) is 0.333. The van der Waals surface area contributed by atoms with Crippen molar-refractivity contribution in [3.8, 4) is 5.75 Å². The first-order chi connectivity index (χ1) is 10.8. The molecule has 23 heavy (non-hydrogen) atoms. The van der Waals surface area contributed by atoms with Gasteiger partial charge in [-0.05, 0) is 55.2 Å². The van der Waals surface area contributed by atoms with Crippen molar-refractivity contribution in [2.45, 2.75) is 38.5 Å². The molecule has 0 radical (unpaired) electrons. The predicted octanol–water partition coefficient (Wildman–Crippen LogP) is 4.32. The van der Waals surface area contributed by atoms with Gasteiger partial charge in [0.1, 0.15) is 5.75 Å². The van der Waals surface area contributed by atoms with Gasteiger partial charge in [-0.15, -0.1) is 0 Å². The molecule has 0 aromatic heterocycles. The maximum Gasteiger partial charge on any atom is 0.261 e. The van der Waals surface area contributed by atoms with Gasteiger partial charge in [0, 0.05) is 0 Å². The summed E-state index contributed by atoms with van der Waals surface area (Å²) in [6.07, 6.45) is 0. The molecule has 0 bridgehead atoms. The standard InChI is InChI=1S/C18H23NO3S/c1-5-22-15-9-11-16(12-10-15)23(20,21)19-18-14(4)7-6-8-17(18)13(2)3/h6-13,19H,5H2,1-4H3. The van der Waals surface area contributed by atoms with Gasteiger partial charge in [-0.1, -0.05) is 32.0 Å². The van der Waals surface area contributed by atoms with E-state index in [0.717, 1.165) is 11.1 Å². The maximum absolute atomic E-state index is 12.6. The molecule has 4 nitrogen and oxygen atoms in total. The lowest BCUT2D eigenvalue weighted by atomic mass is 9.99. The second-order valence-electron chi connectivity index (χ2n) is 5.70. The summed E-state index contributed by atoms with van der Waals surface area (Å²) in [5.74, 6) is 0.887. The van der Waals surface area contributed by atoms with E-state index in [0.29, 0.717) is 18.0 Å². The third-order valence-electron chi connectivity index (χ3n) is 3.61. The number of hydrogen-bond acceptors (Lipinski definition) is 3. The van der Waals surface area contributed by atoms with Crippen LogP contribution in [0.15, 0.2) is 47.4 Å². The van der Waals surface area contributed by atoms with Gasteiger partial charge in [-0.3, -0.25) is 4.72 Å². The molecular formula is C18H23NO3S. The Morgan fingerprint density at radius 3 is 2.30 bits per heavy atom. The van der Waals surface area contributed by atoms with Crippen molar-refractivity contribution in [1.29, 1.82) is 0 Å². The number of anilines is 1. The zero-order valence-electron chi connectivity index (χ0n) is 14.0. The number of para-hydroxylation sites is 1. The van der Waals surface area contributed by atoms with E-state index < -0.39 is 10.0 Å². The third-order valence-corrected chi connectivity index (χ3v) is 4.97. The highest BCUT2D eigenvalue weighted by molar-refractivity contribution is 7.92. The quantitative estimate of drug-likeness (QED) is 0.856. The second-order valence-corrected chi connectivity index (χ2v) is 7.39. The molecule has 5 heteroatoms. The Kier molecular flexibility index (Phi) is 5.31. The highest BCUT2D eigenvalue weighted by Crippen LogP contribution is 2.29. The van der Waals surface area contributed by atoms with Crippen LogP contribution in [0.25, 0.3) is 0 Å². The number of sulfonamides is 1. The lowest BCUT2D eigenvalue weighted by molar-refractivity contribution is 0.340. The van der Waals surface area contributed by atoms with Gasteiger partial charge in [0.05, 0.1) is 17.2 Å². The molecule has 0 aliphatic heterocycles. The topological polar surface area (TPSA) is 55.4 Å². The lowest BCUT2D eigenvalue weighted by Crippen LogP contribution is -2.15. The largest absolute Gasteiger partial charge is 0.494 e. The van der Waals surface area contributed by atoms with E-state index in [2.05, 4.69) is 4.72 Å².